The van der Waals surface area contributed by atoms with Gasteiger partial charge in [0.1, 0.15) is 0 Å². The number of aromatic hydroxyl groups is 1. The molecule has 3 rings (SSSR count). The van der Waals surface area contributed by atoms with Crippen LogP contribution < -0.4 is 20.7 Å². The van der Waals surface area contributed by atoms with Gasteiger partial charge in [0, 0.05) is 23.9 Å². The van der Waals surface area contributed by atoms with Crippen molar-refractivity contribution in [1.82, 2.24) is 16.0 Å². The van der Waals surface area contributed by atoms with E-state index in [1.165, 1.54) is 12.1 Å². The second-order valence-electron chi connectivity index (χ2n) is 6.51. The van der Waals surface area contributed by atoms with Crippen molar-refractivity contribution in [2.45, 2.75) is 26.4 Å². The van der Waals surface area contributed by atoms with E-state index < -0.39 is 12.1 Å². The summed E-state index contributed by atoms with van der Waals surface area (Å²) < 4.78 is 5.42. The minimum atomic E-state index is -0.799. The van der Waals surface area contributed by atoms with E-state index in [1.807, 2.05) is 30.3 Å². The quantitative estimate of drug-likeness (QED) is 0.581. The first kappa shape index (κ1) is 20.5. The van der Waals surface area contributed by atoms with E-state index in [2.05, 4.69) is 16.0 Å². The number of hydrogen-bond donors (Lipinski definition) is 4. The highest BCUT2D eigenvalue weighted by Crippen LogP contribution is 2.38. The highest BCUT2D eigenvalue weighted by molar-refractivity contribution is 6.31. The molecule has 1 aliphatic rings. The molecule has 29 heavy (non-hydrogen) atoms. The lowest BCUT2D eigenvalue weighted by Crippen LogP contribution is -2.47. The van der Waals surface area contributed by atoms with E-state index in [0.717, 1.165) is 5.56 Å². The summed E-state index contributed by atoms with van der Waals surface area (Å²) >= 11 is 6.33. The molecule has 0 unspecified atom stereocenters. The van der Waals surface area contributed by atoms with Crippen LogP contribution >= 0.6 is 11.6 Å². The molecule has 3 amide bonds. The van der Waals surface area contributed by atoms with Crippen molar-refractivity contribution in [3.05, 3.63) is 69.9 Å². The molecule has 0 saturated heterocycles. The van der Waals surface area contributed by atoms with Gasteiger partial charge in [0.25, 0.3) is 5.91 Å². The van der Waals surface area contributed by atoms with Crippen molar-refractivity contribution in [2.24, 2.45) is 0 Å². The summed E-state index contributed by atoms with van der Waals surface area (Å²) in [5.74, 6) is -0.232. The van der Waals surface area contributed by atoms with Gasteiger partial charge in [-0.1, -0.05) is 41.9 Å². The highest BCUT2D eigenvalue weighted by atomic mass is 35.5. The number of halogens is 1. The van der Waals surface area contributed by atoms with E-state index in [4.69, 9.17) is 16.3 Å². The van der Waals surface area contributed by atoms with E-state index in [-0.39, 0.29) is 22.4 Å². The van der Waals surface area contributed by atoms with Crippen molar-refractivity contribution in [1.29, 1.82) is 0 Å². The molecular formula is C21H22ClN3O4. The Hall–Kier alpha value is -3.19. The first-order valence-electron chi connectivity index (χ1n) is 9.16. The molecule has 2 aromatic rings. The molecule has 7 nitrogen and oxygen atoms in total. The molecule has 0 fully saturated rings. The number of carbonyl (C=O) groups excluding carboxylic acids is 2. The van der Waals surface area contributed by atoms with Crippen molar-refractivity contribution in [2.75, 3.05) is 6.61 Å². The Morgan fingerprint density at radius 1 is 1.28 bits per heavy atom. The molecule has 8 heteroatoms. The fourth-order valence-corrected chi connectivity index (χ4v) is 3.42. The maximum absolute atomic E-state index is 13.0. The van der Waals surface area contributed by atoms with Crippen molar-refractivity contribution < 1.29 is 19.4 Å². The topological polar surface area (TPSA) is 99.7 Å². The molecule has 152 valence electrons. The average molecular weight is 416 g/mol. The first-order chi connectivity index (χ1) is 13.9. The zero-order chi connectivity index (χ0) is 21.0. The van der Waals surface area contributed by atoms with Crippen LogP contribution in [-0.2, 0) is 11.3 Å². The van der Waals surface area contributed by atoms with Crippen LogP contribution in [0, 0.1) is 0 Å². The van der Waals surface area contributed by atoms with Crippen molar-refractivity contribution >= 4 is 23.5 Å². The number of urea groups is 1. The van der Waals surface area contributed by atoms with Crippen LogP contribution in [0.1, 0.15) is 31.0 Å². The summed E-state index contributed by atoms with van der Waals surface area (Å²) in [4.78, 5) is 25.1. The van der Waals surface area contributed by atoms with Gasteiger partial charge in [-0.3, -0.25) is 4.79 Å². The van der Waals surface area contributed by atoms with Gasteiger partial charge >= 0.3 is 6.03 Å². The number of phenolic OH excluding ortho intramolecular Hbond substituents is 1. The van der Waals surface area contributed by atoms with Gasteiger partial charge in [-0.15, -0.1) is 0 Å². The van der Waals surface area contributed by atoms with E-state index in [0.29, 0.717) is 30.0 Å². The highest BCUT2D eigenvalue weighted by Gasteiger charge is 2.33. The predicted molar refractivity (Wildman–Crippen MR) is 110 cm³/mol. The van der Waals surface area contributed by atoms with Crippen LogP contribution in [-0.4, -0.2) is 23.7 Å². The standard InChI is InChI=1S/C21H22ClN3O4/c1-3-29-17-9-14(15(22)10-16(17)26)19-18(12(2)24-21(28)25-19)20(27)23-11-13-7-5-4-6-8-13/h4-10,19,26H,3,11H2,1-2H3,(H,23,27)(H2,24,25,28)/t19-/m1/s1. The third-order valence-corrected chi connectivity index (χ3v) is 4.83. The smallest absolute Gasteiger partial charge is 0.319 e. The van der Waals surface area contributed by atoms with Crippen LogP contribution in [0.3, 0.4) is 0 Å². The number of phenols is 1. The number of benzene rings is 2. The second kappa shape index (κ2) is 8.87. The maximum Gasteiger partial charge on any atom is 0.319 e. The number of rotatable bonds is 6. The summed E-state index contributed by atoms with van der Waals surface area (Å²) in [7, 11) is 0. The largest absolute Gasteiger partial charge is 0.504 e. The van der Waals surface area contributed by atoms with Gasteiger partial charge in [0.15, 0.2) is 11.5 Å². The molecule has 0 bridgehead atoms. The van der Waals surface area contributed by atoms with Crippen LogP contribution in [0.2, 0.25) is 5.02 Å². The van der Waals surface area contributed by atoms with Crippen LogP contribution in [0.5, 0.6) is 11.5 Å². The van der Waals surface area contributed by atoms with Gasteiger partial charge in [-0.05, 0) is 25.5 Å². The summed E-state index contributed by atoms with van der Waals surface area (Å²) in [5, 5.41) is 18.5. The van der Waals surface area contributed by atoms with Gasteiger partial charge in [-0.25, -0.2) is 4.79 Å². The summed E-state index contributed by atoms with van der Waals surface area (Å²) in [6.07, 6.45) is 0. The Morgan fingerprint density at radius 3 is 2.69 bits per heavy atom. The number of amides is 3. The molecular weight excluding hydrogens is 394 g/mol. The molecule has 2 aromatic carbocycles. The lowest BCUT2D eigenvalue weighted by atomic mass is 9.94. The molecule has 0 aromatic heterocycles. The van der Waals surface area contributed by atoms with E-state index in [1.54, 1.807) is 13.8 Å². The fraction of sp³-hybridized carbons (Fsp3) is 0.238. The monoisotopic (exact) mass is 415 g/mol. The number of allylic oxidation sites excluding steroid dienone is 1. The molecule has 4 N–H and O–H groups in total. The zero-order valence-electron chi connectivity index (χ0n) is 16.1. The molecule has 0 saturated carbocycles. The van der Waals surface area contributed by atoms with Crippen LogP contribution in [0.15, 0.2) is 53.7 Å². The predicted octanol–water partition coefficient (Wildman–Crippen LogP) is 3.39. The third-order valence-electron chi connectivity index (χ3n) is 4.50. The summed E-state index contributed by atoms with van der Waals surface area (Å²) in [5.41, 5.74) is 2.15. The lowest BCUT2D eigenvalue weighted by Gasteiger charge is -2.29. The third kappa shape index (κ3) is 4.63. The van der Waals surface area contributed by atoms with Crippen LogP contribution in [0.4, 0.5) is 4.79 Å². The molecule has 1 aliphatic heterocycles. The molecule has 0 aliphatic carbocycles. The normalized spacial score (nSPS) is 16.1. The number of ether oxygens (including phenoxy) is 1. The first-order valence-corrected chi connectivity index (χ1v) is 9.54. The lowest BCUT2D eigenvalue weighted by molar-refractivity contribution is -0.118. The SMILES string of the molecule is CCOc1cc([C@H]2NC(=O)NC(C)=C2C(=O)NCc2ccccc2)c(Cl)cc1O. The molecule has 0 radical (unpaired) electrons. The Balaban J connectivity index is 1.94. The summed E-state index contributed by atoms with van der Waals surface area (Å²) in [6, 6.07) is 11.1. The Morgan fingerprint density at radius 2 is 2.00 bits per heavy atom. The van der Waals surface area contributed by atoms with Gasteiger partial charge in [0.05, 0.1) is 23.2 Å². The fourth-order valence-electron chi connectivity index (χ4n) is 3.15. The Bertz CT molecular complexity index is 960. The van der Waals surface area contributed by atoms with E-state index >= 15 is 0 Å². The maximum atomic E-state index is 13.0. The van der Waals surface area contributed by atoms with Crippen molar-refractivity contribution in [3.63, 3.8) is 0 Å². The zero-order valence-corrected chi connectivity index (χ0v) is 16.8. The van der Waals surface area contributed by atoms with Gasteiger partial charge < -0.3 is 25.8 Å². The van der Waals surface area contributed by atoms with Gasteiger partial charge in [-0.2, -0.15) is 0 Å². The average Bonchev–Trinajstić information content (AvgIpc) is 2.68. The van der Waals surface area contributed by atoms with Crippen LogP contribution in [0.25, 0.3) is 0 Å². The molecule has 0 spiro atoms. The minimum Gasteiger partial charge on any atom is -0.504 e. The Kier molecular flexibility index (Phi) is 6.29. The number of hydrogen-bond acceptors (Lipinski definition) is 4. The minimum absolute atomic E-state index is 0.114. The second-order valence-corrected chi connectivity index (χ2v) is 6.92. The number of carbonyl (C=O) groups is 2. The number of nitrogens with one attached hydrogen (secondary N) is 3. The Labute approximate surface area is 173 Å². The molecule has 1 heterocycles. The van der Waals surface area contributed by atoms with Gasteiger partial charge in [0.2, 0.25) is 0 Å². The van der Waals surface area contributed by atoms with Crippen molar-refractivity contribution in [3.8, 4) is 11.5 Å². The summed E-state index contributed by atoms with van der Waals surface area (Å²) in [6.45, 7) is 4.12. The molecule has 1 atom stereocenters. The van der Waals surface area contributed by atoms with E-state index in [9.17, 15) is 14.7 Å².